The normalized spacial score (nSPS) is 21.6. The molecule has 2 aromatic rings. The minimum Gasteiger partial charge on any atom is -0.342 e. The Labute approximate surface area is 256 Å². The van der Waals surface area contributed by atoms with E-state index in [2.05, 4.69) is 46.3 Å². The van der Waals surface area contributed by atoms with Crippen LogP contribution < -0.4 is 5.32 Å². The minimum absolute atomic E-state index is 0.131. The summed E-state index contributed by atoms with van der Waals surface area (Å²) >= 11 is 1.70. The molecule has 0 bridgehead atoms. The molecule has 3 amide bonds. The molecule has 0 aromatic heterocycles. The lowest BCUT2D eigenvalue weighted by atomic mass is 9.84. The number of piperidine rings is 1. The minimum atomic E-state index is -0.486. The first-order chi connectivity index (χ1) is 20.3. The molecule has 1 unspecified atom stereocenters. The zero-order valence-corrected chi connectivity index (χ0v) is 26.4. The van der Waals surface area contributed by atoms with E-state index < -0.39 is 5.54 Å². The summed E-state index contributed by atoms with van der Waals surface area (Å²) in [5.74, 6) is 1.97. The number of thioether (sulfide) groups is 1. The quantitative estimate of drug-likeness (QED) is 0.289. The zero-order valence-electron chi connectivity index (χ0n) is 25.5. The molecule has 0 radical (unpaired) electrons. The van der Waals surface area contributed by atoms with E-state index in [1.54, 1.807) is 23.7 Å². The maximum Gasteiger partial charge on any atom is 0.317 e. The molecule has 3 aliphatic rings. The van der Waals surface area contributed by atoms with E-state index in [1.165, 1.54) is 17.7 Å². The number of carbonyl (C=O) groups is 3. The molecule has 2 aromatic carbocycles. The average molecular weight is 593 g/mol. The third-order valence-corrected chi connectivity index (χ3v) is 9.77. The van der Waals surface area contributed by atoms with Gasteiger partial charge in [0.2, 0.25) is 5.91 Å². The Morgan fingerprint density at radius 2 is 1.64 bits per heavy atom. The third-order valence-electron chi connectivity index (χ3n) is 9.03. The number of hydrogen-bond acceptors (Lipinski definition) is 5. The van der Waals surface area contributed by atoms with E-state index >= 15 is 0 Å². The summed E-state index contributed by atoms with van der Waals surface area (Å²) in [7, 11) is 1.80. The monoisotopic (exact) mass is 592 g/mol. The summed E-state index contributed by atoms with van der Waals surface area (Å²) in [5.41, 5.74) is 0.597. The fourth-order valence-corrected chi connectivity index (χ4v) is 6.40. The van der Waals surface area contributed by atoms with Gasteiger partial charge in [0.05, 0.1) is 5.54 Å². The predicted octanol–water partition coefficient (Wildman–Crippen LogP) is 5.55. The van der Waals surface area contributed by atoms with Gasteiger partial charge in [-0.1, -0.05) is 55.5 Å². The fourth-order valence-electron chi connectivity index (χ4n) is 5.99. The number of hydrogen-bond donors (Lipinski definition) is 1. The Bertz CT molecular complexity index is 1110. The molecule has 2 aliphatic heterocycles. The summed E-state index contributed by atoms with van der Waals surface area (Å²) in [6, 6.07) is 20.1. The summed E-state index contributed by atoms with van der Waals surface area (Å²) < 4.78 is 0. The van der Waals surface area contributed by atoms with Crippen LogP contribution in [-0.2, 0) is 16.1 Å². The van der Waals surface area contributed by atoms with Gasteiger partial charge in [-0.05, 0) is 67.4 Å². The molecular formula is C34H48N4O3S. The lowest BCUT2D eigenvalue weighted by Gasteiger charge is -2.43. The van der Waals surface area contributed by atoms with E-state index in [1.807, 2.05) is 42.7 Å². The Balaban J connectivity index is 0.000000600. The van der Waals surface area contributed by atoms with E-state index in [9.17, 15) is 14.4 Å². The number of nitrogens with one attached hydrogen (secondary N) is 1. The predicted molar refractivity (Wildman–Crippen MR) is 170 cm³/mol. The van der Waals surface area contributed by atoms with Crippen LogP contribution in [-0.4, -0.2) is 84.5 Å². The second-order valence-corrected chi connectivity index (χ2v) is 13.3. The average Bonchev–Trinajstić information content (AvgIpc) is 3.75. The highest BCUT2D eigenvalue weighted by molar-refractivity contribution is 7.98. The van der Waals surface area contributed by atoms with Crippen molar-refractivity contribution in [1.29, 1.82) is 0 Å². The number of benzene rings is 2. The van der Waals surface area contributed by atoms with Crippen molar-refractivity contribution in [3.8, 4) is 0 Å². The van der Waals surface area contributed by atoms with Crippen LogP contribution in [0.3, 0.4) is 0 Å². The molecule has 3 fully saturated rings. The number of rotatable bonds is 10. The molecule has 228 valence electrons. The molecule has 7 nitrogen and oxygen atoms in total. The molecule has 2 saturated heterocycles. The second kappa shape index (κ2) is 15.6. The summed E-state index contributed by atoms with van der Waals surface area (Å²) in [6.45, 7) is 7.22. The van der Waals surface area contributed by atoms with E-state index in [0.717, 1.165) is 63.8 Å². The molecule has 1 aliphatic carbocycles. The number of amides is 3. The van der Waals surface area contributed by atoms with Crippen molar-refractivity contribution in [3.05, 3.63) is 66.2 Å². The highest BCUT2D eigenvalue weighted by Crippen LogP contribution is 2.35. The Hall–Kier alpha value is -2.84. The van der Waals surface area contributed by atoms with Gasteiger partial charge in [-0.3, -0.25) is 4.79 Å². The van der Waals surface area contributed by atoms with Crippen LogP contribution in [0.25, 0.3) is 0 Å². The lowest BCUT2D eigenvalue weighted by Crippen LogP contribution is -2.58. The van der Waals surface area contributed by atoms with Crippen LogP contribution in [0.15, 0.2) is 65.6 Å². The van der Waals surface area contributed by atoms with Crippen LogP contribution in [0.4, 0.5) is 4.79 Å². The first-order valence-electron chi connectivity index (χ1n) is 15.4. The number of aldehydes is 1. The molecule has 0 spiro atoms. The van der Waals surface area contributed by atoms with Gasteiger partial charge in [0.1, 0.15) is 6.29 Å². The van der Waals surface area contributed by atoms with Gasteiger partial charge < -0.3 is 24.8 Å². The standard InChI is InChI=1S/C28H42N4O3S.C6H6/c1-21-17-32(26(34)16-22-4-5-22)20-24(21)19-31-13-10-28(11-14-31,12-15-33)29-27(35)30(2)18-23-6-8-25(36-3)9-7-23;1-2-4-6-5-3-1/h6-9,15,21-22,24H,4-5,10-14,16-20H2,1-3H3,(H,29,35);1-6H/t21?,24-;/m0./s1. The highest BCUT2D eigenvalue weighted by atomic mass is 32.2. The van der Waals surface area contributed by atoms with Crippen molar-refractivity contribution in [2.24, 2.45) is 17.8 Å². The Morgan fingerprint density at radius 1 is 1.02 bits per heavy atom. The van der Waals surface area contributed by atoms with Gasteiger partial charge in [0.15, 0.2) is 0 Å². The number of carbonyl (C=O) groups excluding carboxylic acids is 3. The molecule has 42 heavy (non-hydrogen) atoms. The van der Waals surface area contributed by atoms with Gasteiger partial charge in [-0.15, -0.1) is 11.8 Å². The highest BCUT2D eigenvalue weighted by Gasteiger charge is 2.39. The number of nitrogens with zero attached hydrogens (tertiary/aromatic N) is 3. The van der Waals surface area contributed by atoms with Gasteiger partial charge >= 0.3 is 6.03 Å². The maximum atomic E-state index is 13.0. The van der Waals surface area contributed by atoms with Crippen molar-refractivity contribution in [2.75, 3.05) is 46.0 Å². The van der Waals surface area contributed by atoms with E-state index in [0.29, 0.717) is 36.6 Å². The molecule has 5 rings (SSSR count). The fraction of sp³-hybridized carbons (Fsp3) is 0.559. The SMILES string of the molecule is CSc1ccc(CN(C)C(=O)NC2(CC=O)CCN(C[C@H]3CN(C(=O)CC4CC4)CC3C)CC2)cc1.c1ccccc1. The van der Waals surface area contributed by atoms with Gasteiger partial charge in [0.25, 0.3) is 0 Å². The molecule has 1 saturated carbocycles. The van der Waals surface area contributed by atoms with Crippen LogP contribution in [0.1, 0.15) is 51.0 Å². The van der Waals surface area contributed by atoms with Crippen LogP contribution >= 0.6 is 11.8 Å². The zero-order chi connectivity index (χ0) is 30.0. The molecule has 8 heteroatoms. The lowest BCUT2D eigenvalue weighted by molar-refractivity contribution is -0.130. The van der Waals surface area contributed by atoms with Gasteiger partial charge in [0, 0.05) is 64.1 Å². The van der Waals surface area contributed by atoms with E-state index in [4.69, 9.17) is 0 Å². The first-order valence-corrected chi connectivity index (χ1v) is 16.6. The van der Waals surface area contributed by atoms with Crippen molar-refractivity contribution >= 4 is 30.0 Å². The van der Waals surface area contributed by atoms with E-state index in [-0.39, 0.29) is 6.03 Å². The Morgan fingerprint density at radius 3 is 2.19 bits per heavy atom. The first kappa shape index (κ1) is 32.1. The molecular weight excluding hydrogens is 544 g/mol. The maximum absolute atomic E-state index is 13.0. The largest absolute Gasteiger partial charge is 0.342 e. The summed E-state index contributed by atoms with van der Waals surface area (Å²) in [4.78, 5) is 44.6. The van der Waals surface area contributed by atoms with Crippen molar-refractivity contribution < 1.29 is 14.4 Å². The summed E-state index contributed by atoms with van der Waals surface area (Å²) in [5, 5.41) is 3.22. The topological polar surface area (TPSA) is 73.0 Å². The number of likely N-dealkylation sites (tertiary alicyclic amines) is 2. The molecule has 2 heterocycles. The van der Waals surface area contributed by atoms with Crippen molar-refractivity contribution in [1.82, 2.24) is 20.0 Å². The smallest absolute Gasteiger partial charge is 0.317 e. The second-order valence-electron chi connectivity index (χ2n) is 12.4. The molecule has 2 atom stereocenters. The third kappa shape index (κ3) is 9.60. The van der Waals surface area contributed by atoms with Crippen LogP contribution in [0.5, 0.6) is 0 Å². The number of urea groups is 1. The van der Waals surface area contributed by atoms with Crippen LogP contribution in [0.2, 0.25) is 0 Å². The Kier molecular flexibility index (Phi) is 11.9. The van der Waals surface area contributed by atoms with Crippen LogP contribution in [0, 0.1) is 17.8 Å². The van der Waals surface area contributed by atoms with Gasteiger partial charge in [-0.2, -0.15) is 0 Å². The van der Waals surface area contributed by atoms with Crippen molar-refractivity contribution in [3.63, 3.8) is 0 Å². The molecule has 1 N–H and O–H groups in total. The van der Waals surface area contributed by atoms with Crippen molar-refractivity contribution in [2.45, 2.75) is 62.4 Å². The van der Waals surface area contributed by atoms with Gasteiger partial charge in [-0.25, -0.2) is 4.79 Å². The summed E-state index contributed by atoms with van der Waals surface area (Å²) in [6.07, 6.45) is 8.02.